The van der Waals surface area contributed by atoms with Crippen molar-refractivity contribution >= 4 is 11.3 Å². The molecule has 1 N–H and O–H groups in total. The minimum absolute atomic E-state index is 0.182. The molecule has 0 amide bonds. The number of nitrogens with one attached hydrogen (secondary N) is 1. The molecule has 1 unspecified atom stereocenters. The summed E-state index contributed by atoms with van der Waals surface area (Å²) in [5.74, 6) is -0.182. The zero-order valence-electron chi connectivity index (χ0n) is 12.0. The minimum atomic E-state index is -0.182. The van der Waals surface area contributed by atoms with Crippen molar-refractivity contribution in [2.24, 2.45) is 0 Å². The minimum Gasteiger partial charge on any atom is -0.304 e. The first-order valence-corrected chi connectivity index (χ1v) is 7.91. The summed E-state index contributed by atoms with van der Waals surface area (Å²) in [5.41, 5.74) is 1.15. The Morgan fingerprint density at radius 2 is 2.05 bits per heavy atom. The SMILES string of the molecule is CCCCC(NCc1ncc(C)s1)c1ccc(F)cc1. The van der Waals surface area contributed by atoms with Crippen LogP contribution in [0.2, 0.25) is 0 Å². The van der Waals surface area contributed by atoms with Gasteiger partial charge in [0.2, 0.25) is 0 Å². The molecule has 0 saturated heterocycles. The van der Waals surface area contributed by atoms with E-state index in [0.717, 1.165) is 36.4 Å². The van der Waals surface area contributed by atoms with Crippen LogP contribution >= 0.6 is 11.3 Å². The Bertz CT molecular complexity index is 522. The average molecular weight is 292 g/mol. The lowest BCUT2D eigenvalue weighted by molar-refractivity contribution is 0.479. The third kappa shape index (κ3) is 4.39. The highest BCUT2D eigenvalue weighted by Gasteiger charge is 2.11. The van der Waals surface area contributed by atoms with Crippen molar-refractivity contribution in [3.63, 3.8) is 0 Å². The lowest BCUT2D eigenvalue weighted by atomic mass is 10.0. The Morgan fingerprint density at radius 3 is 2.65 bits per heavy atom. The van der Waals surface area contributed by atoms with Crippen molar-refractivity contribution < 1.29 is 4.39 Å². The number of benzene rings is 1. The van der Waals surface area contributed by atoms with Crippen LogP contribution < -0.4 is 5.32 Å². The Morgan fingerprint density at radius 1 is 1.30 bits per heavy atom. The maximum absolute atomic E-state index is 13.0. The van der Waals surface area contributed by atoms with Crippen LogP contribution in [-0.4, -0.2) is 4.98 Å². The number of rotatable bonds is 7. The highest BCUT2D eigenvalue weighted by molar-refractivity contribution is 7.11. The summed E-state index contributed by atoms with van der Waals surface area (Å²) in [6, 6.07) is 7.07. The summed E-state index contributed by atoms with van der Waals surface area (Å²) >= 11 is 1.72. The standard InChI is InChI=1S/C16H21FN2S/c1-3-4-5-15(13-6-8-14(17)9-7-13)18-11-16-19-10-12(2)20-16/h6-10,15,18H,3-5,11H2,1-2H3. The van der Waals surface area contributed by atoms with Gasteiger partial charge < -0.3 is 5.32 Å². The topological polar surface area (TPSA) is 24.9 Å². The highest BCUT2D eigenvalue weighted by atomic mass is 32.1. The molecule has 0 spiro atoms. The molecule has 1 atom stereocenters. The molecule has 0 aliphatic rings. The second kappa shape index (κ2) is 7.50. The van der Waals surface area contributed by atoms with Crippen molar-refractivity contribution in [1.29, 1.82) is 0 Å². The quantitative estimate of drug-likeness (QED) is 0.806. The van der Waals surface area contributed by atoms with E-state index in [9.17, 15) is 4.39 Å². The number of unbranched alkanes of at least 4 members (excludes halogenated alkanes) is 1. The van der Waals surface area contributed by atoms with Gasteiger partial charge in [0.25, 0.3) is 0 Å². The van der Waals surface area contributed by atoms with E-state index in [1.807, 2.05) is 18.3 Å². The molecule has 0 aliphatic heterocycles. The zero-order valence-corrected chi connectivity index (χ0v) is 12.8. The van der Waals surface area contributed by atoms with E-state index in [0.29, 0.717) is 0 Å². The van der Waals surface area contributed by atoms with E-state index in [4.69, 9.17) is 0 Å². The first-order chi connectivity index (χ1) is 9.69. The van der Waals surface area contributed by atoms with Gasteiger partial charge in [-0.25, -0.2) is 9.37 Å². The molecule has 0 saturated carbocycles. The van der Waals surface area contributed by atoms with Gasteiger partial charge in [0, 0.05) is 23.7 Å². The van der Waals surface area contributed by atoms with Gasteiger partial charge in [0.1, 0.15) is 10.8 Å². The van der Waals surface area contributed by atoms with E-state index < -0.39 is 0 Å². The molecule has 0 aliphatic carbocycles. The summed E-state index contributed by atoms with van der Waals surface area (Å²) < 4.78 is 13.0. The van der Waals surface area contributed by atoms with E-state index in [-0.39, 0.29) is 11.9 Å². The summed E-state index contributed by atoms with van der Waals surface area (Å²) in [7, 11) is 0. The fourth-order valence-electron chi connectivity index (χ4n) is 2.18. The van der Waals surface area contributed by atoms with Crippen molar-refractivity contribution in [2.75, 3.05) is 0 Å². The molecule has 4 heteroatoms. The molecular formula is C16H21FN2S. The second-order valence-electron chi connectivity index (χ2n) is 4.99. The average Bonchev–Trinajstić information content (AvgIpc) is 2.86. The van der Waals surface area contributed by atoms with Crippen LogP contribution in [0.5, 0.6) is 0 Å². The second-order valence-corrected chi connectivity index (χ2v) is 6.31. The summed E-state index contributed by atoms with van der Waals surface area (Å²) in [5, 5.41) is 4.65. The van der Waals surface area contributed by atoms with Crippen molar-refractivity contribution in [2.45, 2.75) is 45.7 Å². The van der Waals surface area contributed by atoms with Gasteiger partial charge in [-0.05, 0) is 31.0 Å². The molecule has 0 radical (unpaired) electrons. The first kappa shape index (κ1) is 15.1. The number of nitrogens with zero attached hydrogens (tertiary/aromatic N) is 1. The number of aromatic nitrogens is 1. The van der Waals surface area contributed by atoms with Crippen molar-refractivity contribution in [1.82, 2.24) is 10.3 Å². The maximum Gasteiger partial charge on any atom is 0.123 e. The lowest BCUT2D eigenvalue weighted by Crippen LogP contribution is -2.20. The predicted molar refractivity (Wildman–Crippen MR) is 82.4 cm³/mol. The van der Waals surface area contributed by atoms with Gasteiger partial charge >= 0.3 is 0 Å². The first-order valence-electron chi connectivity index (χ1n) is 7.09. The molecule has 0 bridgehead atoms. The number of aryl methyl sites for hydroxylation is 1. The van der Waals surface area contributed by atoms with Gasteiger partial charge in [0.15, 0.2) is 0 Å². The van der Waals surface area contributed by atoms with E-state index in [1.54, 1.807) is 11.3 Å². The normalized spacial score (nSPS) is 12.6. The van der Waals surface area contributed by atoms with Crippen LogP contribution in [0.1, 0.15) is 47.7 Å². The van der Waals surface area contributed by atoms with Crippen LogP contribution in [0, 0.1) is 12.7 Å². The molecule has 20 heavy (non-hydrogen) atoms. The van der Waals surface area contributed by atoms with Crippen molar-refractivity contribution in [3.05, 3.63) is 51.7 Å². The molecule has 2 nitrogen and oxygen atoms in total. The van der Waals surface area contributed by atoms with Crippen LogP contribution in [0.4, 0.5) is 4.39 Å². The van der Waals surface area contributed by atoms with Crippen LogP contribution in [0.3, 0.4) is 0 Å². The van der Waals surface area contributed by atoms with Gasteiger partial charge in [-0.15, -0.1) is 11.3 Å². The molecule has 1 heterocycles. The van der Waals surface area contributed by atoms with E-state index >= 15 is 0 Å². The largest absolute Gasteiger partial charge is 0.304 e. The van der Waals surface area contributed by atoms with E-state index in [1.165, 1.54) is 17.0 Å². The Labute approximate surface area is 124 Å². The van der Waals surface area contributed by atoms with Gasteiger partial charge in [-0.2, -0.15) is 0 Å². The molecule has 2 rings (SSSR count). The number of hydrogen-bond acceptors (Lipinski definition) is 3. The molecule has 1 aromatic carbocycles. The zero-order chi connectivity index (χ0) is 14.4. The fraction of sp³-hybridized carbons (Fsp3) is 0.438. The molecule has 0 fully saturated rings. The Hall–Kier alpha value is -1.26. The lowest BCUT2D eigenvalue weighted by Gasteiger charge is -2.18. The van der Waals surface area contributed by atoms with E-state index in [2.05, 4.69) is 24.1 Å². The molecule has 1 aromatic heterocycles. The molecule has 108 valence electrons. The third-order valence-corrected chi connectivity index (χ3v) is 4.20. The van der Waals surface area contributed by atoms with Gasteiger partial charge in [-0.1, -0.05) is 31.9 Å². The predicted octanol–water partition coefficient (Wildman–Crippen LogP) is 4.61. The molecule has 2 aromatic rings. The Kier molecular flexibility index (Phi) is 5.68. The highest BCUT2D eigenvalue weighted by Crippen LogP contribution is 2.21. The van der Waals surface area contributed by atoms with Gasteiger partial charge in [-0.3, -0.25) is 0 Å². The summed E-state index contributed by atoms with van der Waals surface area (Å²) in [6.07, 6.45) is 5.29. The van der Waals surface area contributed by atoms with Crippen molar-refractivity contribution in [3.8, 4) is 0 Å². The number of halogens is 1. The summed E-state index contributed by atoms with van der Waals surface area (Å²) in [4.78, 5) is 5.60. The molecular weight excluding hydrogens is 271 g/mol. The van der Waals surface area contributed by atoms with Crippen LogP contribution in [0.25, 0.3) is 0 Å². The smallest absolute Gasteiger partial charge is 0.123 e. The number of hydrogen-bond donors (Lipinski definition) is 1. The Balaban J connectivity index is 2.01. The number of thiazole rings is 1. The maximum atomic E-state index is 13.0. The fourth-order valence-corrected chi connectivity index (χ4v) is 2.92. The third-order valence-electron chi connectivity index (χ3n) is 3.29. The monoisotopic (exact) mass is 292 g/mol. The van der Waals surface area contributed by atoms with Gasteiger partial charge in [0.05, 0.1) is 0 Å². The summed E-state index contributed by atoms with van der Waals surface area (Å²) in [6.45, 7) is 5.02. The van der Waals surface area contributed by atoms with Crippen LogP contribution in [-0.2, 0) is 6.54 Å². The van der Waals surface area contributed by atoms with Crippen LogP contribution in [0.15, 0.2) is 30.5 Å².